The minimum atomic E-state index is 0. The zero-order valence-corrected chi connectivity index (χ0v) is 19.7. The third-order valence-electron chi connectivity index (χ3n) is 4.61. The van der Waals surface area contributed by atoms with Crippen molar-refractivity contribution in [1.82, 2.24) is 15.2 Å². The number of aryl methyl sites for hydroxylation is 2. The van der Waals surface area contributed by atoms with Crippen LogP contribution in [0.15, 0.2) is 34.6 Å². The predicted molar refractivity (Wildman–Crippen MR) is 128 cm³/mol. The van der Waals surface area contributed by atoms with E-state index >= 15 is 0 Å². The summed E-state index contributed by atoms with van der Waals surface area (Å²) in [6.07, 6.45) is 2.00. The van der Waals surface area contributed by atoms with Crippen molar-refractivity contribution >= 4 is 47.0 Å². The second-order valence-electron chi connectivity index (χ2n) is 6.68. The Bertz CT molecular complexity index is 759. The van der Waals surface area contributed by atoms with Gasteiger partial charge in [-0.05, 0) is 32.4 Å². The van der Waals surface area contributed by atoms with E-state index in [0.717, 1.165) is 69.5 Å². The number of nitrogens with one attached hydrogen (secondary N) is 1. The van der Waals surface area contributed by atoms with Crippen molar-refractivity contribution in [3.05, 3.63) is 40.3 Å². The zero-order valence-electron chi connectivity index (χ0n) is 16.6. The van der Waals surface area contributed by atoms with Gasteiger partial charge in [-0.1, -0.05) is 12.1 Å². The first-order valence-electron chi connectivity index (χ1n) is 9.64. The number of aliphatic imine (C=N–C) groups is 1. The zero-order chi connectivity index (χ0) is 19.1. The molecule has 0 aliphatic carbocycles. The maximum atomic E-state index is 10.1. The van der Waals surface area contributed by atoms with E-state index in [2.05, 4.69) is 32.4 Å². The Morgan fingerprint density at radius 1 is 1.25 bits per heavy atom. The van der Waals surface area contributed by atoms with Crippen LogP contribution in [-0.2, 0) is 6.42 Å². The number of nitrogens with zero attached hydrogens (tertiary/aromatic N) is 4. The summed E-state index contributed by atoms with van der Waals surface area (Å²) >= 11 is 1.73. The fourth-order valence-electron chi connectivity index (χ4n) is 3.25. The SMILES string of the molecule is CCNC(=NCCCc1nc(C)cs1)N1CCN(c2ccccc2O)CC1.I. The van der Waals surface area contributed by atoms with Gasteiger partial charge in [0.15, 0.2) is 5.96 Å². The van der Waals surface area contributed by atoms with Crippen molar-refractivity contribution in [3.63, 3.8) is 0 Å². The van der Waals surface area contributed by atoms with Crippen molar-refractivity contribution in [2.75, 3.05) is 44.2 Å². The lowest BCUT2D eigenvalue weighted by Crippen LogP contribution is -2.52. The number of benzene rings is 1. The molecule has 2 heterocycles. The second-order valence-corrected chi connectivity index (χ2v) is 7.63. The number of hydrogen-bond acceptors (Lipinski definition) is 5. The number of guanidine groups is 1. The average molecular weight is 515 g/mol. The van der Waals surface area contributed by atoms with Gasteiger partial charge in [-0.3, -0.25) is 4.99 Å². The van der Waals surface area contributed by atoms with Crippen molar-refractivity contribution < 1.29 is 5.11 Å². The molecule has 0 radical (unpaired) electrons. The minimum Gasteiger partial charge on any atom is -0.506 e. The number of phenols is 1. The molecule has 1 aromatic heterocycles. The quantitative estimate of drug-likeness (QED) is 0.267. The number of aromatic nitrogens is 1. The molecule has 1 aliphatic rings. The predicted octanol–water partition coefficient (Wildman–Crippen LogP) is 3.50. The smallest absolute Gasteiger partial charge is 0.194 e. The lowest BCUT2D eigenvalue weighted by molar-refractivity contribution is 0.370. The molecule has 0 bridgehead atoms. The maximum Gasteiger partial charge on any atom is 0.194 e. The van der Waals surface area contributed by atoms with Crippen molar-refractivity contribution in [1.29, 1.82) is 0 Å². The number of halogens is 1. The molecule has 3 rings (SSSR count). The summed E-state index contributed by atoms with van der Waals surface area (Å²) in [5.41, 5.74) is 2.02. The lowest BCUT2D eigenvalue weighted by atomic mass is 10.2. The van der Waals surface area contributed by atoms with Gasteiger partial charge in [-0.2, -0.15) is 0 Å². The van der Waals surface area contributed by atoms with Crippen molar-refractivity contribution in [3.8, 4) is 5.75 Å². The molecular formula is C20H30IN5OS. The number of rotatable bonds is 6. The standard InChI is InChI=1S/C20H29N5OS.HI/c1-3-21-20(22-10-6-9-19-23-16(2)15-27-19)25-13-11-24(12-14-25)17-7-4-5-8-18(17)26;/h4-5,7-8,15,26H,3,6,9-14H2,1-2H3,(H,21,22);1H. The van der Waals surface area contributed by atoms with Gasteiger partial charge in [0.2, 0.25) is 0 Å². The summed E-state index contributed by atoms with van der Waals surface area (Å²) in [4.78, 5) is 13.9. The van der Waals surface area contributed by atoms with Gasteiger partial charge in [0, 0.05) is 56.8 Å². The van der Waals surface area contributed by atoms with Crippen LogP contribution in [0.3, 0.4) is 0 Å². The summed E-state index contributed by atoms with van der Waals surface area (Å²) in [5.74, 6) is 1.34. The molecule has 8 heteroatoms. The highest BCUT2D eigenvalue weighted by atomic mass is 127. The van der Waals surface area contributed by atoms with Crippen molar-refractivity contribution in [2.24, 2.45) is 4.99 Å². The molecule has 0 amide bonds. The Morgan fingerprint density at radius 2 is 2.00 bits per heavy atom. The second kappa shape index (κ2) is 11.5. The van der Waals surface area contributed by atoms with E-state index in [4.69, 9.17) is 4.99 Å². The van der Waals surface area contributed by atoms with E-state index < -0.39 is 0 Å². The Hall–Kier alpha value is -1.55. The third kappa shape index (κ3) is 6.23. The van der Waals surface area contributed by atoms with Gasteiger partial charge in [-0.15, -0.1) is 35.3 Å². The van der Waals surface area contributed by atoms with E-state index in [0.29, 0.717) is 5.75 Å². The Balaban J connectivity index is 0.00000280. The van der Waals surface area contributed by atoms with Crippen LogP contribution in [0.2, 0.25) is 0 Å². The molecule has 0 spiro atoms. The van der Waals surface area contributed by atoms with Crippen LogP contribution < -0.4 is 10.2 Å². The monoisotopic (exact) mass is 515 g/mol. The van der Waals surface area contributed by atoms with Gasteiger partial charge in [0.05, 0.1) is 10.7 Å². The molecule has 2 aromatic rings. The molecule has 2 N–H and O–H groups in total. The molecule has 1 aliphatic heterocycles. The molecule has 1 fully saturated rings. The first-order chi connectivity index (χ1) is 13.2. The van der Waals surface area contributed by atoms with Crippen LogP contribution >= 0.6 is 35.3 Å². The number of hydrogen-bond donors (Lipinski definition) is 2. The average Bonchev–Trinajstić information content (AvgIpc) is 3.10. The summed E-state index contributed by atoms with van der Waals surface area (Å²) < 4.78 is 0. The third-order valence-corrected chi connectivity index (χ3v) is 5.64. The summed E-state index contributed by atoms with van der Waals surface area (Å²) in [6.45, 7) is 9.35. The Morgan fingerprint density at radius 3 is 2.64 bits per heavy atom. The minimum absolute atomic E-state index is 0. The summed E-state index contributed by atoms with van der Waals surface area (Å²) in [5, 5.41) is 16.8. The number of piperazine rings is 1. The van der Waals surface area contributed by atoms with E-state index in [1.54, 1.807) is 17.4 Å². The van der Waals surface area contributed by atoms with Crippen LogP contribution in [0.5, 0.6) is 5.75 Å². The molecule has 154 valence electrons. The highest BCUT2D eigenvalue weighted by Crippen LogP contribution is 2.27. The summed E-state index contributed by atoms with van der Waals surface area (Å²) in [6, 6.07) is 7.55. The number of thiazole rings is 1. The molecule has 6 nitrogen and oxygen atoms in total. The van der Waals surface area contributed by atoms with Gasteiger partial charge >= 0.3 is 0 Å². The van der Waals surface area contributed by atoms with Gasteiger partial charge in [0.25, 0.3) is 0 Å². The lowest BCUT2D eigenvalue weighted by Gasteiger charge is -2.37. The highest BCUT2D eigenvalue weighted by Gasteiger charge is 2.21. The fraction of sp³-hybridized carbons (Fsp3) is 0.500. The molecule has 1 aromatic carbocycles. The first-order valence-corrected chi connectivity index (χ1v) is 10.5. The van der Waals surface area contributed by atoms with Crippen LogP contribution in [-0.4, -0.2) is 60.2 Å². The van der Waals surface area contributed by atoms with Crippen LogP contribution in [0, 0.1) is 6.92 Å². The maximum absolute atomic E-state index is 10.1. The molecule has 0 saturated carbocycles. The summed E-state index contributed by atoms with van der Waals surface area (Å²) in [7, 11) is 0. The topological polar surface area (TPSA) is 64.0 Å². The number of phenolic OH excluding ortho intramolecular Hbond substituents is 1. The van der Waals surface area contributed by atoms with E-state index in [1.165, 1.54) is 5.01 Å². The fourth-order valence-corrected chi connectivity index (χ4v) is 4.07. The largest absolute Gasteiger partial charge is 0.506 e. The highest BCUT2D eigenvalue weighted by molar-refractivity contribution is 14.0. The number of para-hydroxylation sites is 2. The molecule has 28 heavy (non-hydrogen) atoms. The van der Waals surface area contributed by atoms with Crippen molar-refractivity contribution in [2.45, 2.75) is 26.7 Å². The number of aromatic hydroxyl groups is 1. The van der Waals surface area contributed by atoms with Crippen LogP contribution in [0.25, 0.3) is 0 Å². The van der Waals surface area contributed by atoms with Gasteiger partial charge in [0.1, 0.15) is 5.75 Å². The van der Waals surface area contributed by atoms with Gasteiger partial charge in [-0.25, -0.2) is 4.98 Å². The molecule has 0 atom stereocenters. The van der Waals surface area contributed by atoms with Crippen LogP contribution in [0.1, 0.15) is 24.0 Å². The Labute approximate surface area is 188 Å². The molecule has 0 unspecified atom stereocenters. The first kappa shape index (κ1) is 22.7. The van der Waals surface area contributed by atoms with E-state index in [-0.39, 0.29) is 24.0 Å². The van der Waals surface area contributed by atoms with E-state index in [9.17, 15) is 5.11 Å². The van der Waals surface area contributed by atoms with E-state index in [1.807, 2.05) is 25.1 Å². The normalized spacial score (nSPS) is 14.7. The molecular weight excluding hydrogens is 485 g/mol. The Kier molecular flexibility index (Phi) is 9.30. The number of anilines is 1. The molecule has 1 saturated heterocycles. The van der Waals surface area contributed by atoms with Crippen LogP contribution in [0.4, 0.5) is 5.69 Å². The van der Waals surface area contributed by atoms with Gasteiger partial charge < -0.3 is 20.2 Å².